The quantitative estimate of drug-likeness (QED) is 0.150. The van der Waals surface area contributed by atoms with Crippen molar-refractivity contribution in [3.8, 4) is 5.75 Å². The standard InChI is InChI=1S/C33H49N3O3/c1-4-6-8-10-12-17-25-35(26-18-13-11-9-7-5-2)27-36-31(37)33(34-32(36)38,28-19-15-14-16-20-28)29-21-23-30(39-3)24-22-29/h14-16,19-24H,4-13,17-18,25-27H2,1-3H3,(H,34,38). The van der Waals surface area contributed by atoms with E-state index in [0.717, 1.165) is 37.1 Å². The van der Waals surface area contributed by atoms with Crippen LogP contribution in [0, 0.1) is 0 Å². The summed E-state index contributed by atoms with van der Waals surface area (Å²) in [5.41, 5.74) is 0.236. The van der Waals surface area contributed by atoms with Gasteiger partial charge in [-0.1, -0.05) is 121 Å². The van der Waals surface area contributed by atoms with E-state index in [0.29, 0.717) is 12.4 Å². The van der Waals surface area contributed by atoms with Crippen molar-refractivity contribution < 1.29 is 14.3 Å². The largest absolute Gasteiger partial charge is 0.497 e. The van der Waals surface area contributed by atoms with Crippen molar-refractivity contribution >= 4 is 11.9 Å². The maximum atomic E-state index is 14.2. The van der Waals surface area contributed by atoms with Crippen molar-refractivity contribution in [3.05, 3.63) is 65.7 Å². The molecule has 0 aromatic heterocycles. The maximum Gasteiger partial charge on any atom is 0.326 e. The fraction of sp³-hybridized carbons (Fsp3) is 0.576. The van der Waals surface area contributed by atoms with E-state index < -0.39 is 5.54 Å². The number of carbonyl (C=O) groups is 2. The van der Waals surface area contributed by atoms with Crippen molar-refractivity contribution in [1.82, 2.24) is 15.1 Å². The molecule has 1 aliphatic rings. The van der Waals surface area contributed by atoms with Gasteiger partial charge in [0.05, 0.1) is 13.8 Å². The van der Waals surface area contributed by atoms with Gasteiger partial charge in [0, 0.05) is 0 Å². The molecule has 6 nitrogen and oxygen atoms in total. The van der Waals surface area contributed by atoms with Gasteiger partial charge in [0.15, 0.2) is 5.54 Å². The molecule has 0 spiro atoms. The number of amides is 3. The number of hydrogen-bond donors (Lipinski definition) is 1. The Morgan fingerprint density at radius 2 is 1.23 bits per heavy atom. The molecule has 1 aliphatic heterocycles. The normalized spacial score (nSPS) is 17.2. The van der Waals surface area contributed by atoms with Crippen LogP contribution in [0.25, 0.3) is 0 Å². The molecule has 6 heteroatoms. The Balaban J connectivity index is 1.76. The second-order valence-electron chi connectivity index (χ2n) is 10.8. The molecule has 39 heavy (non-hydrogen) atoms. The van der Waals surface area contributed by atoms with E-state index >= 15 is 0 Å². The van der Waals surface area contributed by atoms with Gasteiger partial charge in [0.1, 0.15) is 5.75 Å². The number of urea groups is 1. The summed E-state index contributed by atoms with van der Waals surface area (Å²) in [5.74, 6) is 0.486. The molecule has 0 radical (unpaired) electrons. The lowest BCUT2D eigenvalue weighted by molar-refractivity contribution is -0.131. The Hall–Kier alpha value is -2.86. The third-order valence-corrected chi connectivity index (χ3v) is 7.83. The molecule has 0 aliphatic carbocycles. The second-order valence-corrected chi connectivity index (χ2v) is 10.8. The molecule has 0 bridgehead atoms. The summed E-state index contributed by atoms with van der Waals surface area (Å²) in [7, 11) is 1.62. The predicted octanol–water partition coefficient (Wildman–Crippen LogP) is 7.47. The average Bonchev–Trinajstić information content (AvgIpc) is 3.22. The second kappa shape index (κ2) is 16.3. The van der Waals surface area contributed by atoms with Gasteiger partial charge in [-0.05, 0) is 49.2 Å². The first kappa shape index (κ1) is 30.7. The van der Waals surface area contributed by atoms with Crippen molar-refractivity contribution in [2.75, 3.05) is 26.9 Å². The van der Waals surface area contributed by atoms with Crippen molar-refractivity contribution in [2.24, 2.45) is 0 Å². The van der Waals surface area contributed by atoms with Crippen LogP contribution >= 0.6 is 0 Å². The third kappa shape index (κ3) is 8.31. The minimum atomic E-state index is -1.25. The zero-order valence-electron chi connectivity index (χ0n) is 24.4. The van der Waals surface area contributed by atoms with Crippen molar-refractivity contribution in [3.63, 3.8) is 0 Å². The zero-order chi connectivity index (χ0) is 27.9. The molecule has 2 aromatic rings. The number of nitrogens with zero attached hydrogens (tertiary/aromatic N) is 2. The molecule has 2 aromatic carbocycles. The molecule has 3 amide bonds. The zero-order valence-corrected chi connectivity index (χ0v) is 24.4. The Bertz CT molecular complexity index is 979. The molecule has 1 heterocycles. The monoisotopic (exact) mass is 535 g/mol. The van der Waals surface area contributed by atoms with Crippen LogP contribution < -0.4 is 10.1 Å². The van der Waals surface area contributed by atoms with Crippen molar-refractivity contribution in [2.45, 2.75) is 96.4 Å². The lowest BCUT2D eigenvalue weighted by Crippen LogP contribution is -2.46. The Labute approximate surface area is 236 Å². The highest BCUT2D eigenvalue weighted by molar-refractivity contribution is 6.09. The lowest BCUT2D eigenvalue weighted by atomic mass is 9.82. The van der Waals surface area contributed by atoms with Gasteiger partial charge in [0.2, 0.25) is 0 Å². The van der Waals surface area contributed by atoms with Crippen LogP contribution in [0.3, 0.4) is 0 Å². The van der Waals surface area contributed by atoms with Crippen LogP contribution in [0.2, 0.25) is 0 Å². The maximum absolute atomic E-state index is 14.2. The molecule has 214 valence electrons. The van der Waals surface area contributed by atoms with Gasteiger partial charge in [-0.2, -0.15) is 0 Å². The van der Waals surface area contributed by atoms with Gasteiger partial charge in [0.25, 0.3) is 5.91 Å². The first-order chi connectivity index (χ1) is 19.1. The molecule has 1 saturated heterocycles. The summed E-state index contributed by atoms with van der Waals surface area (Å²) in [6.45, 7) is 6.60. The molecule has 1 N–H and O–H groups in total. The third-order valence-electron chi connectivity index (χ3n) is 7.83. The van der Waals surface area contributed by atoms with E-state index in [1.54, 1.807) is 7.11 Å². The molecular weight excluding hydrogens is 486 g/mol. The topological polar surface area (TPSA) is 61.9 Å². The Kier molecular flexibility index (Phi) is 12.8. The van der Waals surface area contributed by atoms with Crippen LogP contribution in [0.1, 0.15) is 102 Å². The molecule has 1 atom stereocenters. The van der Waals surface area contributed by atoms with Crippen LogP contribution in [0.5, 0.6) is 5.75 Å². The summed E-state index contributed by atoms with van der Waals surface area (Å²) in [4.78, 5) is 31.4. The number of nitrogens with one attached hydrogen (secondary N) is 1. The number of methoxy groups -OCH3 is 1. The number of unbranched alkanes of at least 4 members (excludes halogenated alkanes) is 10. The SMILES string of the molecule is CCCCCCCCN(CCCCCCCC)CN1C(=O)NC(c2ccccc2)(c2ccc(OC)cc2)C1=O. The summed E-state index contributed by atoms with van der Waals surface area (Å²) in [6, 6.07) is 16.7. The van der Waals surface area contributed by atoms with E-state index in [-0.39, 0.29) is 11.9 Å². The fourth-order valence-electron chi connectivity index (χ4n) is 5.48. The highest BCUT2D eigenvalue weighted by atomic mass is 16.5. The van der Waals surface area contributed by atoms with Gasteiger partial charge in [-0.25, -0.2) is 9.69 Å². The highest BCUT2D eigenvalue weighted by Crippen LogP contribution is 2.37. The number of ether oxygens (including phenoxy) is 1. The lowest BCUT2D eigenvalue weighted by Gasteiger charge is -2.30. The number of rotatable bonds is 19. The van der Waals surface area contributed by atoms with Gasteiger partial charge >= 0.3 is 6.03 Å². The van der Waals surface area contributed by atoms with Crippen molar-refractivity contribution in [1.29, 1.82) is 0 Å². The summed E-state index contributed by atoms with van der Waals surface area (Å²) in [5, 5.41) is 3.09. The summed E-state index contributed by atoms with van der Waals surface area (Å²) in [6.07, 6.45) is 14.7. The van der Waals surface area contributed by atoms with E-state index in [1.807, 2.05) is 54.6 Å². The van der Waals surface area contributed by atoms with E-state index in [2.05, 4.69) is 24.1 Å². The summed E-state index contributed by atoms with van der Waals surface area (Å²) < 4.78 is 5.34. The number of imide groups is 1. The van der Waals surface area contributed by atoms with Gasteiger partial charge < -0.3 is 10.1 Å². The highest BCUT2D eigenvalue weighted by Gasteiger charge is 2.53. The predicted molar refractivity (Wildman–Crippen MR) is 159 cm³/mol. The van der Waals surface area contributed by atoms with Crippen LogP contribution in [-0.2, 0) is 10.3 Å². The molecular formula is C33H49N3O3. The van der Waals surface area contributed by atoms with Gasteiger partial charge in [-0.3, -0.25) is 9.69 Å². The summed E-state index contributed by atoms with van der Waals surface area (Å²) >= 11 is 0. The number of hydrogen-bond acceptors (Lipinski definition) is 4. The first-order valence-corrected chi connectivity index (χ1v) is 15.1. The van der Waals surface area contributed by atoms with E-state index in [1.165, 1.54) is 69.1 Å². The fourth-order valence-corrected chi connectivity index (χ4v) is 5.48. The minimum absolute atomic E-state index is 0.222. The molecule has 1 unspecified atom stereocenters. The Morgan fingerprint density at radius 1 is 0.718 bits per heavy atom. The number of benzene rings is 2. The Morgan fingerprint density at radius 3 is 1.77 bits per heavy atom. The van der Waals surface area contributed by atoms with E-state index in [9.17, 15) is 9.59 Å². The van der Waals surface area contributed by atoms with Crippen LogP contribution in [-0.4, -0.2) is 48.6 Å². The molecule has 1 fully saturated rings. The van der Waals surface area contributed by atoms with Crippen LogP contribution in [0.4, 0.5) is 4.79 Å². The minimum Gasteiger partial charge on any atom is -0.497 e. The van der Waals surface area contributed by atoms with E-state index in [4.69, 9.17) is 4.74 Å². The smallest absolute Gasteiger partial charge is 0.326 e. The first-order valence-electron chi connectivity index (χ1n) is 15.1. The molecule has 3 rings (SSSR count). The number of carbonyl (C=O) groups excluding carboxylic acids is 2. The average molecular weight is 536 g/mol. The van der Waals surface area contributed by atoms with Gasteiger partial charge in [-0.15, -0.1) is 0 Å². The molecule has 0 saturated carbocycles. The van der Waals surface area contributed by atoms with Crippen LogP contribution in [0.15, 0.2) is 54.6 Å².